The molecule has 0 bridgehead atoms. The van der Waals surface area contributed by atoms with Crippen LogP contribution in [0.5, 0.6) is 0 Å². The van der Waals surface area contributed by atoms with E-state index < -0.39 is 61.2 Å². The molecule has 2 atom stereocenters. The first-order chi connectivity index (χ1) is 14.0. The lowest BCUT2D eigenvalue weighted by Gasteiger charge is -2.27. The van der Waals surface area contributed by atoms with E-state index in [0.717, 1.165) is 4.68 Å². The first-order valence-corrected chi connectivity index (χ1v) is 9.11. The number of benzene rings is 1. The third-order valence-electron chi connectivity index (χ3n) is 4.71. The lowest BCUT2D eigenvalue weighted by molar-refractivity contribution is -0.144. The lowest BCUT2D eigenvalue weighted by atomic mass is 9.90. The smallest absolute Gasteiger partial charge is 0.435 e. The molecule has 1 aromatic carbocycles. The van der Waals surface area contributed by atoms with Crippen LogP contribution in [-0.4, -0.2) is 28.1 Å². The van der Waals surface area contributed by atoms with Crippen molar-refractivity contribution in [2.45, 2.75) is 56.9 Å². The number of aromatic nitrogens is 2. The Morgan fingerprint density at radius 2 is 1.80 bits per heavy atom. The molecule has 2 aromatic rings. The van der Waals surface area contributed by atoms with Crippen molar-refractivity contribution in [3.63, 3.8) is 0 Å². The summed E-state index contributed by atoms with van der Waals surface area (Å²) >= 11 is 0. The predicted octanol–water partition coefficient (Wildman–Crippen LogP) is 5.43. The van der Waals surface area contributed by atoms with Gasteiger partial charge < -0.3 is 4.74 Å². The van der Waals surface area contributed by atoms with Crippen molar-refractivity contribution >= 4 is 5.97 Å². The molecule has 30 heavy (non-hydrogen) atoms. The fourth-order valence-corrected chi connectivity index (χ4v) is 3.39. The van der Waals surface area contributed by atoms with Gasteiger partial charge >= 0.3 is 18.3 Å². The van der Waals surface area contributed by atoms with Gasteiger partial charge in [-0.1, -0.05) is 18.2 Å². The molecular weight excluding hydrogens is 421 g/mol. The summed E-state index contributed by atoms with van der Waals surface area (Å²) in [5.41, 5.74) is -2.11. The zero-order chi connectivity index (χ0) is 22.1. The van der Waals surface area contributed by atoms with Gasteiger partial charge in [0.1, 0.15) is 6.17 Å². The summed E-state index contributed by atoms with van der Waals surface area (Å²) < 4.78 is 98.3. The number of alkyl halides is 7. The summed E-state index contributed by atoms with van der Waals surface area (Å²) in [5.74, 6) is -1.01. The van der Waals surface area contributed by atoms with Crippen LogP contribution in [0.2, 0.25) is 0 Å². The predicted molar refractivity (Wildman–Crippen MR) is 90.3 cm³/mol. The topological polar surface area (TPSA) is 44.1 Å². The molecule has 0 spiro atoms. The Balaban J connectivity index is 1.94. The van der Waals surface area contributed by atoms with Gasteiger partial charge in [-0.3, -0.25) is 4.68 Å². The molecule has 0 radical (unpaired) electrons. The molecule has 1 aliphatic rings. The second-order valence-corrected chi connectivity index (χ2v) is 6.90. The average Bonchev–Trinajstić information content (AvgIpc) is 3.03. The summed E-state index contributed by atoms with van der Waals surface area (Å²) in [4.78, 5) is 12.3. The molecule has 3 rings (SSSR count). The summed E-state index contributed by atoms with van der Waals surface area (Å²) in [6.07, 6.45) is -15.3. The van der Waals surface area contributed by atoms with Crippen molar-refractivity contribution in [3.8, 4) is 0 Å². The van der Waals surface area contributed by atoms with E-state index in [-0.39, 0.29) is 24.1 Å². The minimum Gasteiger partial charge on any atom is -0.451 e. The van der Waals surface area contributed by atoms with Crippen molar-refractivity contribution in [1.29, 1.82) is 0 Å². The third kappa shape index (κ3) is 4.93. The Bertz CT molecular complexity index is 891. The van der Waals surface area contributed by atoms with E-state index in [1.54, 1.807) is 6.07 Å². The SMILES string of the molecule is O=C(O[C@H]1c2c(C(F)(F)F)nn(CCCC(F)(F)F)c2CC[C@@H]1F)c1ccccc1. The van der Waals surface area contributed by atoms with E-state index in [9.17, 15) is 35.5 Å². The van der Waals surface area contributed by atoms with Gasteiger partial charge in [0.2, 0.25) is 0 Å². The molecule has 0 unspecified atom stereocenters. The first-order valence-electron chi connectivity index (χ1n) is 9.11. The van der Waals surface area contributed by atoms with E-state index in [1.807, 2.05) is 0 Å². The Kier molecular flexibility index (Phi) is 6.09. The molecule has 0 amide bonds. The quantitative estimate of drug-likeness (QED) is 0.462. The number of aryl methyl sites for hydroxylation is 1. The highest BCUT2D eigenvalue weighted by Gasteiger charge is 2.46. The molecule has 0 saturated heterocycles. The van der Waals surface area contributed by atoms with Gasteiger partial charge in [-0.05, 0) is 31.4 Å². The fraction of sp³-hybridized carbons (Fsp3) is 0.474. The second-order valence-electron chi connectivity index (χ2n) is 6.90. The van der Waals surface area contributed by atoms with Gasteiger partial charge in [0.15, 0.2) is 11.8 Å². The number of nitrogens with zero attached hydrogens (tertiary/aromatic N) is 2. The van der Waals surface area contributed by atoms with E-state index in [2.05, 4.69) is 5.10 Å². The number of carbonyl (C=O) groups is 1. The molecule has 4 nitrogen and oxygen atoms in total. The number of carbonyl (C=O) groups excluding carboxylic acids is 1. The molecule has 0 aliphatic heterocycles. The van der Waals surface area contributed by atoms with Gasteiger partial charge in [0, 0.05) is 24.2 Å². The van der Waals surface area contributed by atoms with Crippen molar-refractivity contribution in [3.05, 3.63) is 52.8 Å². The zero-order valence-corrected chi connectivity index (χ0v) is 15.4. The molecule has 11 heteroatoms. The zero-order valence-electron chi connectivity index (χ0n) is 15.4. The Morgan fingerprint density at radius 1 is 1.13 bits per heavy atom. The van der Waals surface area contributed by atoms with E-state index in [0.29, 0.717) is 0 Å². The Morgan fingerprint density at radius 3 is 2.40 bits per heavy atom. The number of hydrogen-bond donors (Lipinski definition) is 0. The van der Waals surface area contributed by atoms with E-state index in [4.69, 9.17) is 4.74 Å². The number of ether oxygens (including phenoxy) is 1. The normalized spacial score (nSPS) is 19.4. The van der Waals surface area contributed by atoms with Crippen molar-refractivity contribution in [1.82, 2.24) is 9.78 Å². The Labute approximate surface area is 166 Å². The molecule has 0 saturated carbocycles. The van der Waals surface area contributed by atoms with Crippen LogP contribution in [0.1, 0.15) is 52.7 Å². The van der Waals surface area contributed by atoms with Crippen LogP contribution >= 0.6 is 0 Å². The maximum atomic E-state index is 14.6. The molecule has 0 fully saturated rings. The van der Waals surface area contributed by atoms with Gasteiger partial charge in [0.25, 0.3) is 0 Å². The Hall–Kier alpha value is -2.59. The van der Waals surface area contributed by atoms with Crippen molar-refractivity contribution in [2.24, 2.45) is 0 Å². The van der Waals surface area contributed by atoms with Crippen LogP contribution in [0.4, 0.5) is 30.7 Å². The van der Waals surface area contributed by atoms with Crippen molar-refractivity contribution < 1.29 is 40.3 Å². The van der Waals surface area contributed by atoms with Gasteiger partial charge in [-0.2, -0.15) is 31.4 Å². The fourth-order valence-electron chi connectivity index (χ4n) is 3.39. The largest absolute Gasteiger partial charge is 0.451 e. The maximum Gasteiger partial charge on any atom is 0.435 e. The molecule has 0 N–H and O–H groups in total. The molecule has 1 aromatic heterocycles. The summed E-state index contributed by atoms with van der Waals surface area (Å²) in [6.45, 7) is -0.422. The number of fused-ring (bicyclic) bond motifs is 1. The highest BCUT2D eigenvalue weighted by atomic mass is 19.4. The van der Waals surface area contributed by atoms with Crippen LogP contribution in [0.25, 0.3) is 0 Å². The van der Waals surface area contributed by atoms with Crippen LogP contribution in [0.3, 0.4) is 0 Å². The summed E-state index contributed by atoms with van der Waals surface area (Å²) in [7, 11) is 0. The van der Waals surface area contributed by atoms with Crippen molar-refractivity contribution in [2.75, 3.05) is 0 Å². The monoisotopic (exact) mass is 438 g/mol. The maximum absolute atomic E-state index is 14.6. The minimum atomic E-state index is -4.99. The highest BCUT2D eigenvalue weighted by molar-refractivity contribution is 5.89. The van der Waals surface area contributed by atoms with E-state index in [1.165, 1.54) is 24.3 Å². The second kappa shape index (κ2) is 8.27. The van der Waals surface area contributed by atoms with Gasteiger partial charge in [-0.25, -0.2) is 9.18 Å². The van der Waals surface area contributed by atoms with Gasteiger partial charge in [0.05, 0.1) is 5.56 Å². The lowest BCUT2D eigenvalue weighted by Crippen LogP contribution is -2.28. The van der Waals surface area contributed by atoms with Crippen LogP contribution in [-0.2, 0) is 23.9 Å². The third-order valence-corrected chi connectivity index (χ3v) is 4.71. The standard InChI is InChI=1S/C19H17F7N2O2/c20-12-7-8-13-14(15(12)30-17(29)11-5-2-1-3-6-11)16(19(24,25)26)27-28(13)10-4-9-18(21,22)23/h1-3,5-6,12,15H,4,7-10H2/t12-,15+/m0/s1. The van der Waals surface area contributed by atoms with Crippen LogP contribution < -0.4 is 0 Å². The highest BCUT2D eigenvalue weighted by Crippen LogP contribution is 2.43. The molecular formula is C19H17F7N2O2. The van der Waals surface area contributed by atoms with Gasteiger partial charge in [-0.15, -0.1) is 0 Å². The molecule has 164 valence electrons. The number of esters is 1. The minimum absolute atomic E-state index is 0.0305. The van der Waals surface area contributed by atoms with E-state index >= 15 is 0 Å². The number of halogens is 7. The number of rotatable bonds is 5. The molecule has 1 heterocycles. The first kappa shape index (κ1) is 22.1. The summed E-state index contributed by atoms with van der Waals surface area (Å²) in [5, 5.41) is 3.41. The van der Waals surface area contributed by atoms with Crippen LogP contribution in [0.15, 0.2) is 30.3 Å². The summed E-state index contributed by atoms with van der Waals surface area (Å²) in [6, 6.07) is 7.36. The number of hydrogen-bond acceptors (Lipinski definition) is 3. The van der Waals surface area contributed by atoms with Crippen LogP contribution in [0, 0.1) is 0 Å². The molecule has 1 aliphatic carbocycles. The average molecular weight is 438 g/mol.